The number of anilines is 1. The van der Waals surface area contributed by atoms with Crippen LogP contribution in [0.4, 0.5) is 5.69 Å². The SMILES string of the molecule is CCOc1ccc(N(CC(=O)N(Cc2ccc(Cl)c(Cl)c2)[C@@H](CC)C(=O)N[C@@H](C)CC)S(C)(=O)=O)cc1. The van der Waals surface area contributed by atoms with Gasteiger partial charge < -0.3 is 15.0 Å². The molecule has 2 rings (SSSR count). The van der Waals surface area contributed by atoms with Gasteiger partial charge in [0.25, 0.3) is 0 Å². The lowest BCUT2D eigenvalue weighted by atomic mass is 10.1. The van der Waals surface area contributed by atoms with E-state index in [2.05, 4.69) is 5.32 Å². The summed E-state index contributed by atoms with van der Waals surface area (Å²) in [7, 11) is -3.83. The van der Waals surface area contributed by atoms with Gasteiger partial charge in [-0.25, -0.2) is 8.42 Å². The van der Waals surface area contributed by atoms with Crippen molar-refractivity contribution in [2.75, 3.05) is 23.7 Å². The average molecular weight is 573 g/mol. The van der Waals surface area contributed by atoms with Gasteiger partial charge in [-0.2, -0.15) is 0 Å². The van der Waals surface area contributed by atoms with E-state index in [0.29, 0.717) is 40.1 Å². The lowest BCUT2D eigenvalue weighted by molar-refractivity contribution is -0.140. The first-order chi connectivity index (χ1) is 17.4. The topological polar surface area (TPSA) is 96.0 Å². The Morgan fingerprint density at radius 1 is 1.00 bits per heavy atom. The first kappa shape index (κ1) is 30.7. The van der Waals surface area contributed by atoms with E-state index in [1.165, 1.54) is 4.90 Å². The van der Waals surface area contributed by atoms with Gasteiger partial charge in [0, 0.05) is 12.6 Å². The minimum Gasteiger partial charge on any atom is -0.494 e. The van der Waals surface area contributed by atoms with Gasteiger partial charge in [0.15, 0.2) is 0 Å². The lowest BCUT2D eigenvalue weighted by Crippen LogP contribution is -2.53. The van der Waals surface area contributed by atoms with Crippen LogP contribution >= 0.6 is 23.2 Å². The monoisotopic (exact) mass is 571 g/mol. The van der Waals surface area contributed by atoms with E-state index in [-0.39, 0.29) is 18.5 Å². The normalized spacial score (nSPS) is 12.9. The predicted octanol–water partition coefficient (Wildman–Crippen LogP) is 4.88. The van der Waals surface area contributed by atoms with Crippen molar-refractivity contribution in [2.24, 2.45) is 0 Å². The van der Waals surface area contributed by atoms with E-state index in [0.717, 1.165) is 17.0 Å². The Kier molecular flexibility index (Phi) is 11.5. The summed E-state index contributed by atoms with van der Waals surface area (Å²) in [5.74, 6) is -0.256. The van der Waals surface area contributed by atoms with Crippen molar-refractivity contribution in [3.8, 4) is 5.75 Å². The van der Waals surface area contributed by atoms with Gasteiger partial charge in [-0.3, -0.25) is 13.9 Å². The van der Waals surface area contributed by atoms with E-state index in [1.54, 1.807) is 49.4 Å². The number of ether oxygens (including phenoxy) is 1. The Morgan fingerprint density at radius 3 is 2.16 bits per heavy atom. The van der Waals surface area contributed by atoms with Crippen molar-refractivity contribution < 1.29 is 22.7 Å². The second-order valence-electron chi connectivity index (χ2n) is 8.71. The van der Waals surface area contributed by atoms with Crippen molar-refractivity contribution in [3.05, 3.63) is 58.1 Å². The Morgan fingerprint density at radius 2 is 1.65 bits per heavy atom. The number of hydrogen-bond donors (Lipinski definition) is 1. The number of nitrogens with zero attached hydrogens (tertiary/aromatic N) is 2. The number of hydrogen-bond acceptors (Lipinski definition) is 5. The van der Waals surface area contributed by atoms with Crippen LogP contribution < -0.4 is 14.4 Å². The van der Waals surface area contributed by atoms with Gasteiger partial charge in [0.05, 0.1) is 28.6 Å². The Hall–Kier alpha value is -2.49. The Bertz CT molecular complexity index is 1180. The molecule has 11 heteroatoms. The molecule has 0 aliphatic carbocycles. The molecule has 0 saturated heterocycles. The number of rotatable bonds is 13. The summed E-state index contributed by atoms with van der Waals surface area (Å²) in [6.07, 6.45) is 2.09. The summed E-state index contributed by atoms with van der Waals surface area (Å²) in [6.45, 7) is 7.51. The molecule has 2 aromatic carbocycles. The van der Waals surface area contributed by atoms with Crippen LogP contribution in [0.3, 0.4) is 0 Å². The van der Waals surface area contributed by atoms with Crippen molar-refractivity contribution in [2.45, 2.75) is 59.2 Å². The van der Waals surface area contributed by atoms with Crippen LogP contribution in [0.1, 0.15) is 46.1 Å². The fraction of sp³-hybridized carbons (Fsp3) is 0.462. The van der Waals surface area contributed by atoms with Crippen LogP contribution in [-0.2, 0) is 26.2 Å². The number of sulfonamides is 1. The second kappa shape index (κ2) is 13.9. The summed E-state index contributed by atoms with van der Waals surface area (Å²) in [5.41, 5.74) is 0.968. The molecule has 204 valence electrons. The molecule has 2 atom stereocenters. The zero-order valence-electron chi connectivity index (χ0n) is 21.8. The molecule has 0 aliphatic rings. The zero-order chi connectivity index (χ0) is 27.8. The number of amides is 2. The van der Waals surface area contributed by atoms with Gasteiger partial charge in [-0.05, 0) is 68.7 Å². The van der Waals surface area contributed by atoms with E-state index >= 15 is 0 Å². The fourth-order valence-corrected chi connectivity index (χ4v) is 4.85. The van der Waals surface area contributed by atoms with E-state index < -0.39 is 28.5 Å². The number of carbonyl (C=O) groups excluding carboxylic acids is 2. The molecule has 0 radical (unpaired) electrons. The molecule has 0 spiro atoms. The number of nitrogens with one attached hydrogen (secondary N) is 1. The van der Waals surface area contributed by atoms with E-state index in [4.69, 9.17) is 27.9 Å². The average Bonchev–Trinajstić information content (AvgIpc) is 2.84. The Labute approximate surface area is 229 Å². The van der Waals surface area contributed by atoms with Crippen molar-refractivity contribution in [3.63, 3.8) is 0 Å². The van der Waals surface area contributed by atoms with Crippen molar-refractivity contribution >= 4 is 50.7 Å². The molecule has 0 aliphatic heterocycles. The van der Waals surface area contributed by atoms with Gasteiger partial charge in [-0.15, -0.1) is 0 Å². The third-order valence-electron chi connectivity index (χ3n) is 5.84. The molecular formula is C26H35Cl2N3O5S. The third-order valence-corrected chi connectivity index (χ3v) is 7.72. The molecule has 1 N–H and O–H groups in total. The van der Waals surface area contributed by atoms with Gasteiger partial charge >= 0.3 is 0 Å². The third kappa shape index (κ3) is 8.79. The van der Waals surface area contributed by atoms with Crippen LogP contribution in [-0.4, -0.2) is 56.6 Å². The van der Waals surface area contributed by atoms with E-state index in [9.17, 15) is 18.0 Å². The lowest BCUT2D eigenvalue weighted by Gasteiger charge is -2.33. The van der Waals surface area contributed by atoms with Crippen LogP contribution in [0.5, 0.6) is 5.75 Å². The molecule has 0 saturated carbocycles. The summed E-state index contributed by atoms with van der Waals surface area (Å²) in [5, 5.41) is 3.61. The van der Waals surface area contributed by atoms with Crippen molar-refractivity contribution in [1.82, 2.24) is 10.2 Å². The Balaban J connectivity index is 2.44. The number of benzene rings is 2. The maximum Gasteiger partial charge on any atom is 0.244 e. The highest BCUT2D eigenvalue weighted by Crippen LogP contribution is 2.25. The zero-order valence-corrected chi connectivity index (χ0v) is 24.2. The van der Waals surface area contributed by atoms with Crippen LogP contribution in [0.15, 0.2) is 42.5 Å². The molecule has 8 nitrogen and oxygen atoms in total. The number of halogens is 2. The van der Waals surface area contributed by atoms with Gasteiger partial charge in [-0.1, -0.05) is 43.1 Å². The molecule has 0 heterocycles. The minimum atomic E-state index is -3.83. The van der Waals surface area contributed by atoms with Crippen LogP contribution in [0.25, 0.3) is 0 Å². The minimum absolute atomic E-state index is 0.0447. The summed E-state index contributed by atoms with van der Waals surface area (Å²) in [6, 6.07) is 10.5. The first-order valence-corrected chi connectivity index (χ1v) is 14.8. The molecule has 2 aromatic rings. The molecule has 0 fully saturated rings. The highest BCUT2D eigenvalue weighted by molar-refractivity contribution is 7.92. The summed E-state index contributed by atoms with van der Waals surface area (Å²) in [4.78, 5) is 28.3. The van der Waals surface area contributed by atoms with E-state index in [1.807, 2.05) is 20.8 Å². The molecular weight excluding hydrogens is 537 g/mol. The van der Waals surface area contributed by atoms with Crippen molar-refractivity contribution in [1.29, 1.82) is 0 Å². The van der Waals surface area contributed by atoms with Gasteiger partial charge in [0.1, 0.15) is 18.3 Å². The molecule has 0 bridgehead atoms. The number of carbonyl (C=O) groups is 2. The quantitative estimate of drug-likeness (QED) is 0.369. The maximum absolute atomic E-state index is 13.7. The highest BCUT2D eigenvalue weighted by Gasteiger charge is 2.32. The van der Waals surface area contributed by atoms with Gasteiger partial charge in [0.2, 0.25) is 21.8 Å². The fourth-order valence-electron chi connectivity index (χ4n) is 3.68. The molecule has 37 heavy (non-hydrogen) atoms. The molecule has 0 unspecified atom stereocenters. The summed E-state index contributed by atoms with van der Waals surface area (Å²) < 4.78 is 31.9. The highest BCUT2D eigenvalue weighted by atomic mass is 35.5. The standard InChI is InChI=1S/C26H35Cl2N3O5S/c1-6-18(4)29-26(33)24(7-2)30(16-19-9-14-22(27)23(28)15-19)25(32)17-31(37(5,34)35)20-10-12-21(13-11-20)36-8-3/h9-15,18,24H,6-8,16-17H2,1-5H3,(H,29,33)/t18-,24-/m0/s1. The molecule has 0 aromatic heterocycles. The first-order valence-electron chi connectivity index (χ1n) is 12.2. The maximum atomic E-state index is 13.7. The smallest absolute Gasteiger partial charge is 0.244 e. The van der Waals surface area contributed by atoms with Crippen LogP contribution in [0, 0.1) is 0 Å². The van der Waals surface area contributed by atoms with Crippen LogP contribution in [0.2, 0.25) is 10.0 Å². The summed E-state index contributed by atoms with van der Waals surface area (Å²) >= 11 is 12.2. The largest absolute Gasteiger partial charge is 0.494 e. The predicted molar refractivity (Wildman–Crippen MR) is 149 cm³/mol. The second-order valence-corrected chi connectivity index (χ2v) is 11.4. The molecule has 2 amide bonds.